The van der Waals surface area contributed by atoms with Crippen molar-refractivity contribution in [1.82, 2.24) is 0 Å². The van der Waals surface area contributed by atoms with Crippen molar-refractivity contribution in [3.63, 3.8) is 0 Å². The normalized spacial score (nSPS) is 12.8. The van der Waals surface area contributed by atoms with Crippen LogP contribution < -0.4 is 38.4 Å². The molecule has 2 aromatic rings. The van der Waals surface area contributed by atoms with Crippen molar-refractivity contribution in [3.8, 4) is 23.0 Å². The van der Waals surface area contributed by atoms with E-state index in [4.69, 9.17) is 9.47 Å². The number of phenols is 2. The number of nitrogens with zero attached hydrogens (tertiary/aromatic N) is 1. The van der Waals surface area contributed by atoms with Gasteiger partial charge in [-0.15, -0.1) is 0 Å². The Morgan fingerprint density at radius 1 is 0.765 bits per heavy atom. The lowest BCUT2D eigenvalue weighted by Crippen LogP contribution is -3.05. The van der Waals surface area contributed by atoms with Gasteiger partial charge < -0.3 is 53.0 Å². The third-order valence-electron chi connectivity index (χ3n) is 5.51. The number of benzene rings is 2. The Labute approximate surface area is 217 Å². The van der Waals surface area contributed by atoms with Gasteiger partial charge in [-0.3, -0.25) is 9.59 Å². The Bertz CT molecular complexity index is 1060. The van der Waals surface area contributed by atoms with Gasteiger partial charge in [0.1, 0.15) is 23.0 Å². The van der Waals surface area contributed by atoms with E-state index in [1.165, 1.54) is 29.2 Å². The fourth-order valence-electron chi connectivity index (χ4n) is 3.88. The Kier molecular flexibility index (Phi) is 9.32. The fraction of sp³-hybridized carbons (Fsp3) is 0.440. The lowest BCUT2D eigenvalue weighted by atomic mass is 9.82. The molecule has 0 saturated heterocycles. The van der Waals surface area contributed by atoms with E-state index in [2.05, 4.69) is 21.1 Å². The van der Waals surface area contributed by atoms with Crippen molar-refractivity contribution in [2.75, 3.05) is 61.5 Å². The molecule has 2 aromatic carbocycles. The number of aromatic hydroxyl groups is 2. The van der Waals surface area contributed by atoms with Crippen molar-refractivity contribution in [2.24, 2.45) is 0 Å². The van der Waals surface area contributed by atoms with Gasteiger partial charge in [0.25, 0.3) is 0 Å². The van der Waals surface area contributed by atoms with Gasteiger partial charge in [0.05, 0.1) is 83.8 Å². The van der Waals surface area contributed by atoms with E-state index >= 15 is 0 Å². The molecule has 0 atom stereocenters. The highest BCUT2D eigenvalue weighted by atomic mass is 127. The van der Waals surface area contributed by atoms with Crippen molar-refractivity contribution < 1.29 is 62.6 Å². The van der Waals surface area contributed by atoms with Crippen LogP contribution in [0.1, 0.15) is 44.7 Å². The summed E-state index contributed by atoms with van der Waals surface area (Å²) in [6.07, 6.45) is 1.50. The molecule has 0 radical (unpaired) electrons. The number of hydrogen-bond donors (Lipinski definition) is 3. The summed E-state index contributed by atoms with van der Waals surface area (Å²) < 4.78 is 12.4. The number of halogens is 1. The topological polar surface area (TPSA) is 97.5 Å². The quantitative estimate of drug-likeness (QED) is 0.149. The molecule has 186 valence electrons. The molecule has 1 aliphatic rings. The van der Waals surface area contributed by atoms with Crippen LogP contribution >= 0.6 is 0 Å². The van der Waals surface area contributed by atoms with Crippen molar-refractivity contribution in [1.29, 1.82) is 0 Å². The van der Waals surface area contributed by atoms with Crippen molar-refractivity contribution >= 4 is 11.6 Å². The highest BCUT2D eigenvalue weighted by Crippen LogP contribution is 2.43. The van der Waals surface area contributed by atoms with E-state index in [1.54, 1.807) is 0 Å². The maximum Gasteiger partial charge on any atom is 0.202 e. The molecular weight excluding hydrogens is 551 g/mol. The fourth-order valence-corrected chi connectivity index (χ4v) is 3.88. The standard InChI is InChI=1S/C25H32N2O6.HI/c1-26(2)12-6-14-32-18-10-8-16(28)20-22(18)24(30)21-17(29)9-11-19(23(21)25(20)31)33-15-7-13-27(3,4)5;/h8-11H,6-7,12-15H2,1-5H3,(H-,28,29,30,31);1H/p+1. The number of nitrogens with one attached hydrogen (secondary N) is 1. The van der Waals surface area contributed by atoms with Gasteiger partial charge in [-0.1, -0.05) is 0 Å². The summed E-state index contributed by atoms with van der Waals surface area (Å²) in [7, 11) is 10.3. The highest BCUT2D eigenvalue weighted by molar-refractivity contribution is 6.32. The SMILES string of the molecule is C[NH+](C)CCCOc1ccc(O)c2c1C(=O)c1c(O)ccc(OCCC[N+](C)(C)C)c1C2=O.[I-]. The van der Waals surface area contributed by atoms with E-state index in [9.17, 15) is 19.8 Å². The molecule has 0 aliphatic heterocycles. The molecule has 0 spiro atoms. The second-order valence-corrected chi connectivity index (χ2v) is 9.70. The third kappa shape index (κ3) is 6.19. The summed E-state index contributed by atoms with van der Waals surface area (Å²) in [6.45, 7) is 2.46. The average Bonchev–Trinajstić information content (AvgIpc) is 2.73. The van der Waals surface area contributed by atoms with Gasteiger partial charge in [0.2, 0.25) is 11.6 Å². The van der Waals surface area contributed by atoms with Crippen LogP contribution in [0.3, 0.4) is 0 Å². The Morgan fingerprint density at radius 3 is 1.62 bits per heavy atom. The lowest BCUT2D eigenvalue weighted by molar-refractivity contribution is -0.870. The summed E-state index contributed by atoms with van der Waals surface area (Å²) in [5.41, 5.74) is -0.293. The number of fused-ring (bicyclic) bond motifs is 2. The number of quaternary nitrogens is 2. The van der Waals surface area contributed by atoms with Gasteiger partial charge in [0, 0.05) is 12.8 Å². The molecule has 0 fully saturated rings. The zero-order valence-electron chi connectivity index (χ0n) is 20.4. The minimum atomic E-state index is -0.571. The molecular formula is C25H34IN2O6+. The Hall–Kier alpha value is -2.37. The molecule has 0 unspecified atom stereocenters. The number of rotatable bonds is 10. The molecule has 0 aromatic heterocycles. The number of ether oxygens (including phenoxy) is 2. The maximum atomic E-state index is 13.4. The molecule has 0 heterocycles. The Balaban J connectivity index is 0.00000408. The average molecular weight is 585 g/mol. The summed E-state index contributed by atoms with van der Waals surface area (Å²) in [4.78, 5) is 28.2. The van der Waals surface area contributed by atoms with Gasteiger partial charge >= 0.3 is 0 Å². The number of carbonyl (C=O) groups is 2. The number of phenolic OH excluding ortho intramolecular Hbond substituents is 2. The summed E-state index contributed by atoms with van der Waals surface area (Å²) >= 11 is 0. The molecule has 34 heavy (non-hydrogen) atoms. The second kappa shape index (κ2) is 11.4. The third-order valence-corrected chi connectivity index (χ3v) is 5.51. The van der Waals surface area contributed by atoms with E-state index in [1.807, 2.05) is 14.1 Å². The van der Waals surface area contributed by atoms with Crippen LogP contribution in [0.15, 0.2) is 24.3 Å². The molecule has 8 nitrogen and oxygen atoms in total. The first-order chi connectivity index (χ1) is 15.5. The van der Waals surface area contributed by atoms with E-state index < -0.39 is 11.6 Å². The second-order valence-electron chi connectivity index (χ2n) is 9.70. The lowest BCUT2D eigenvalue weighted by Gasteiger charge is -2.25. The molecule has 0 amide bonds. The first kappa shape index (κ1) is 27.9. The van der Waals surface area contributed by atoms with Gasteiger partial charge in [-0.2, -0.15) is 0 Å². The molecule has 3 N–H and O–H groups in total. The minimum Gasteiger partial charge on any atom is -1.00 e. The van der Waals surface area contributed by atoms with Crippen LogP contribution in [0.4, 0.5) is 0 Å². The van der Waals surface area contributed by atoms with E-state index in [0.29, 0.717) is 13.2 Å². The predicted octanol–water partition coefficient (Wildman–Crippen LogP) is -1.73. The first-order valence-corrected chi connectivity index (χ1v) is 11.2. The van der Waals surface area contributed by atoms with E-state index in [0.717, 1.165) is 30.4 Å². The van der Waals surface area contributed by atoms with Gasteiger partial charge in [-0.05, 0) is 24.3 Å². The summed E-state index contributed by atoms with van der Waals surface area (Å²) in [6, 6.07) is 5.67. The maximum absolute atomic E-state index is 13.4. The van der Waals surface area contributed by atoms with Crippen LogP contribution in [-0.2, 0) is 0 Å². The minimum absolute atomic E-state index is 0. The number of carbonyl (C=O) groups excluding carboxylic acids is 2. The molecule has 9 heteroatoms. The van der Waals surface area contributed by atoms with E-state index in [-0.39, 0.29) is 69.2 Å². The highest BCUT2D eigenvalue weighted by Gasteiger charge is 2.39. The van der Waals surface area contributed by atoms with Crippen molar-refractivity contribution in [3.05, 3.63) is 46.5 Å². The smallest absolute Gasteiger partial charge is 0.202 e. The van der Waals surface area contributed by atoms with Crippen LogP contribution in [0, 0.1) is 0 Å². The Morgan fingerprint density at radius 2 is 1.21 bits per heavy atom. The summed E-state index contributed by atoms with van der Waals surface area (Å²) in [5, 5.41) is 20.9. The number of ketones is 2. The monoisotopic (exact) mass is 585 g/mol. The molecule has 3 rings (SSSR count). The van der Waals surface area contributed by atoms with Gasteiger partial charge in [0.15, 0.2) is 0 Å². The zero-order chi connectivity index (χ0) is 24.3. The van der Waals surface area contributed by atoms with Crippen LogP contribution in [0.5, 0.6) is 23.0 Å². The predicted molar refractivity (Wildman–Crippen MR) is 124 cm³/mol. The largest absolute Gasteiger partial charge is 1.00 e. The zero-order valence-corrected chi connectivity index (χ0v) is 22.6. The van der Waals surface area contributed by atoms with Crippen LogP contribution in [0.25, 0.3) is 0 Å². The summed E-state index contributed by atoms with van der Waals surface area (Å²) in [5.74, 6) is -1.32. The van der Waals surface area contributed by atoms with Crippen LogP contribution in [-0.4, -0.2) is 87.8 Å². The van der Waals surface area contributed by atoms with Gasteiger partial charge in [-0.25, -0.2) is 0 Å². The number of hydrogen-bond acceptors (Lipinski definition) is 6. The van der Waals surface area contributed by atoms with Crippen molar-refractivity contribution in [2.45, 2.75) is 12.8 Å². The molecule has 1 aliphatic carbocycles. The molecule has 0 bridgehead atoms. The van der Waals surface area contributed by atoms with Crippen LogP contribution in [0.2, 0.25) is 0 Å². The molecule has 0 saturated carbocycles. The first-order valence-electron chi connectivity index (χ1n) is 11.2.